The van der Waals surface area contributed by atoms with Gasteiger partial charge in [-0.25, -0.2) is 4.79 Å². The van der Waals surface area contributed by atoms with Crippen molar-refractivity contribution in [1.82, 2.24) is 10.3 Å². The van der Waals surface area contributed by atoms with Gasteiger partial charge in [-0.2, -0.15) is 0 Å². The summed E-state index contributed by atoms with van der Waals surface area (Å²) in [5, 5.41) is 3.39. The van der Waals surface area contributed by atoms with Crippen molar-refractivity contribution >= 4 is 22.8 Å². The molecule has 0 aliphatic rings. The van der Waals surface area contributed by atoms with Crippen LogP contribution in [0.3, 0.4) is 0 Å². The van der Waals surface area contributed by atoms with E-state index in [9.17, 15) is 9.59 Å². The van der Waals surface area contributed by atoms with E-state index in [4.69, 9.17) is 9.15 Å². The van der Waals surface area contributed by atoms with Crippen LogP contribution >= 0.6 is 0 Å². The van der Waals surface area contributed by atoms with Gasteiger partial charge >= 0.3 is 5.97 Å². The second kappa shape index (κ2) is 8.03. The molecule has 27 heavy (non-hydrogen) atoms. The lowest BCUT2D eigenvalue weighted by Crippen LogP contribution is -2.35. The first-order valence-electron chi connectivity index (χ1n) is 8.86. The average Bonchev–Trinajstić information content (AvgIpc) is 3.18. The van der Waals surface area contributed by atoms with Gasteiger partial charge in [0, 0.05) is 11.1 Å². The summed E-state index contributed by atoms with van der Waals surface area (Å²) in [6.07, 6.45) is 0.605. The maximum Gasteiger partial charge on any atom is 0.339 e. The van der Waals surface area contributed by atoms with E-state index in [-0.39, 0.29) is 18.4 Å². The fourth-order valence-electron chi connectivity index (χ4n) is 2.67. The van der Waals surface area contributed by atoms with E-state index in [0.29, 0.717) is 16.7 Å². The van der Waals surface area contributed by atoms with Crippen molar-refractivity contribution in [3.8, 4) is 0 Å². The first-order chi connectivity index (χ1) is 13.0. The van der Waals surface area contributed by atoms with E-state index in [1.54, 1.807) is 25.1 Å². The Labute approximate surface area is 157 Å². The third kappa shape index (κ3) is 4.34. The van der Waals surface area contributed by atoms with Crippen LogP contribution in [-0.2, 0) is 16.1 Å². The van der Waals surface area contributed by atoms with Gasteiger partial charge in [0.25, 0.3) is 5.91 Å². The van der Waals surface area contributed by atoms with Gasteiger partial charge in [-0.15, -0.1) is 0 Å². The number of esters is 1. The Kier molecular flexibility index (Phi) is 5.54. The largest absolute Gasteiger partial charge is 0.467 e. The van der Waals surface area contributed by atoms with Crippen molar-refractivity contribution in [3.05, 3.63) is 65.7 Å². The van der Waals surface area contributed by atoms with Gasteiger partial charge in [0.15, 0.2) is 6.10 Å². The summed E-state index contributed by atoms with van der Waals surface area (Å²) in [5.41, 5.74) is 1.94. The second-order valence-corrected chi connectivity index (χ2v) is 6.61. The van der Waals surface area contributed by atoms with E-state index >= 15 is 0 Å². The van der Waals surface area contributed by atoms with Crippen LogP contribution in [-0.4, -0.2) is 23.0 Å². The molecular weight excluding hydrogens is 344 g/mol. The molecule has 140 valence electrons. The number of fused-ring (bicyclic) bond motifs is 1. The number of rotatable bonds is 6. The molecule has 0 saturated heterocycles. The van der Waals surface area contributed by atoms with E-state index in [1.165, 1.54) is 6.26 Å². The molecule has 1 aromatic carbocycles. The molecule has 1 amide bonds. The molecule has 0 aliphatic carbocycles. The van der Waals surface area contributed by atoms with Crippen LogP contribution in [0.1, 0.15) is 48.5 Å². The molecule has 1 N–H and O–H groups in total. The molecule has 0 saturated carbocycles. The molecule has 0 spiro atoms. The third-order valence-electron chi connectivity index (χ3n) is 4.22. The summed E-state index contributed by atoms with van der Waals surface area (Å²) < 4.78 is 10.6. The first-order valence-corrected chi connectivity index (χ1v) is 8.86. The molecule has 6 nitrogen and oxygen atoms in total. The molecule has 0 aliphatic heterocycles. The number of hydrogen-bond acceptors (Lipinski definition) is 5. The lowest BCUT2D eigenvalue weighted by atomic mass is 10.0. The standard InChI is InChI=1S/C21H22N2O4/c1-13(2)19-11-17(16-8-4-5-9-18(16)23-19)21(25)27-14(3)20(24)22-12-15-7-6-10-26-15/h4-11,13-14H,12H2,1-3H3,(H,22,24)/t14-/m1/s1. The predicted molar refractivity (Wildman–Crippen MR) is 101 cm³/mol. The van der Waals surface area contributed by atoms with Crippen LogP contribution < -0.4 is 5.32 Å². The van der Waals surface area contributed by atoms with Crippen LogP contribution in [0, 0.1) is 0 Å². The van der Waals surface area contributed by atoms with Crippen molar-refractivity contribution in [2.75, 3.05) is 0 Å². The molecule has 2 aromatic heterocycles. The Morgan fingerprint density at radius 1 is 1.15 bits per heavy atom. The maximum absolute atomic E-state index is 12.7. The Morgan fingerprint density at radius 2 is 1.93 bits per heavy atom. The Bertz CT molecular complexity index is 948. The summed E-state index contributed by atoms with van der Waals surface area (Å²) in [7, 11) is 0. The molecule has 0 fully saturated rings. The van der Waals surface area contributed by atoms with Crippen LogP contribution in [0.2, 0.25) is 0 Å². The highest BCUT2D eigenvalue weighted by molar-refractivity contribution is 6.04. The van der Waals surface area contributed by atoms with Crippen LogP contribution in [0.15, 0.2) is 53.1 Å². The summed E-state index contributed by atoms with van der Waals surface area (Å²) >= 11 is 0. The predicted octanol–water partition coefficient (Wildman–Crippen LogP) is 3.81. The minimum Gasteiger partial charge on any atom is -0.467 e. The van der Waals surface area contributed by atoms with E-state index < -0.39 is 12.1 Å². The number of furan rings is 1. The van der Waals surface area contributed by atoms with Gasteiger partial charge < -0.3 is 14.5 Å². The smallest absolute Gasteiger partial charge is 0.339 e. The number of aromatic nitrogens is 1. The van der Waals surface area contributed by atoms with Gasteiger partial charge in [-0.1, -0.05) is 32.0 Å². The van der Waals surface area contributed by atoms with Gasteiger partial charge in [-0.05, 0) is 37.1 Å². The molecule has 0 bridgehead atoms. The highest BCUT2D eigenvalue weighted by Crippen LogP contribution is 2.23. The zero-order chi connectivity index (χ0) is 19.4. The van der Waals surface area contributed by atoms with Gasteiger partial charge in [-0.3, -0.25) is 9.78 Å². The number of carbonyl (C=O) groups excluding carboxylic acids is 2. The minimum atomic E-state index is -0.929. The van der Waals surface area contributed by atoms with Crippen LogP contribution in [0.4, 0.5) is 0 Å². The molecule has 3 aromatic rings. The Morgan fingerprint density at radius 3 is 2.63 bits per heavy atom. The van der Waals surface area contributed by atoms with Crippen molar-refractivity contribution in [2.45, 2.75) is 39.3 Å². The molecular formula is C21H22N2O4. The molecule has 2 heterocycles. The number of pyridine rings is 1. The number of nitrogens with zero attached hydrogens (tertiary/aromatic N) is 1. The SMILES string of the molecule is CC(C)c1cc(C(=O)O[C@H](C)C(=O)NCc2ccco2)c2ccccc2n1. The summed E-state index contributed by atoms with van der Waals surface area (Å²) in [6, 6.07) is 12.6. The van der Waals surface area contributed by atoms with E-state index in [2.05, 4.69) is 10.3 Å². The number of ether oxygens (including phenoxy) is 1. The van der Waals surface area contributed by atoms with Crippen LogP contribution in [0.5, 0.6) is 0 Å². The maximum atomic E-state index is 12.7. The summed E-state index contributed by atoms with van der Waals surface area (Å²) in [4.78, 5) is 29.5. The minimum absolute atomic E-state index is 0.162. The molecule has 0 radical (unpaired) electrons. The zero-order valence-corrected chi connectivity index (χ0v) is 15.6. The zero-order valence-electron chi connectivity index (χ0n) is 15.6. The fraction of sp³-hybridized carbons (Fsp3) is 0.286. The van der Waals surface area contributed by atoms with Crippen molar-refractivity contribution in [2.24, 2.45) is 0 Å². The third-order valence-corrected chi connectivity index (χ3v) is 4.22. The Hall–Kier alpha value is -3.15. The highest BCUT2D eigenvalue weighted by Gasteiger charge is 2.21. The highest BCUT2D eigenvalue weighted by atomic mass is 16.5. The monoisotopic (exact) mass is 366 g/mol. The van der Waals surface area contributed by atoms with Crippen molar-refractivity contribution < 1.29 is 18.7 Å². The normalized spacial score (nSPS) is 12.1. The van der Waals surface area contributed by atoms with Gasteiger partial charge in [0.05, 0.1) is 23.9 Å². The van der Waals surface area contributed by atoms with Crippen molar-refractivity contribution in [1.29, 1.82) is 0 Å². The number of carbonyl (C=O) groups is 2. The summed E-state index contributed by atoms with van der Waals surface area (Å²) in [5.74, 6) is -0.142. The van der Waals surface area contributed by atoms with E-state index in [0.717, 1.165) is 11.2 Å². The van der Waals surface area contributed by atoms with Gasteiger partial charge in [0.1, 0.15) is 5.76 Å². The number of para-hydroxylation sites is 1. The quantitative estimate of drug-likeness (QED) is 0.671. The van der Waals surface area contributed by atoms with Crippen molar-refractivity contribution in [3.63, 3.8) is 0 Å². The van der Waals surface area contributed by atoms with Gasteiger partial charge in [0.2, 0.25) is 0 Å². The lowest BCUT2D eigenvalue weighted by Gasteiger charge is -2.15. The molecule has 3 rings (SSSR count). The lowest BCUT2D eigenvalue weighted by molar-refractivity contribution is -0.129. The number of amides is 1. The van der Waals surface area contributed by atoms with Crippen LogP contribution in [0.25, 0.3) is 10.9 Å². The first kappa shape index (κ1) is 18.6. The fourth-order valence-corrected chi connectivity index (χ4v) is 2.67. The average molecular weight is 366 g/mol. The second-order valence-electron chi connectivity index (χ2n) is 6.61. The van der Waals surface area contributed by atoms with E-state index in [1.807, 2.05) is 38.1 Å². The Balaban J connectivity index is 1.76. The molecule has 6 heteroatoms. The number of hydrogen-bond donors (Lipinski definition) is 1. The summed E-state index contributed by atoms with van der Waals surface area (Å²) in [6.45, 7) is 5.80. The number of nitrogens with one attached hydrogen (secondary N) is 1. The molecule has 1 atom stereocenters. The number of benzene rings is 1. The molecule has 0 unspecified atom stereocenters. The topological polar surface area (TPSA) is 81.4 Å².